The number of ether oxygens (including phenoxy) is 2. The number of carboxylic acids is 1. The van der Waals surface area contributed by atoms with Crippen LogP contribution in [0.4, 0.5) is 11.4 Å². The zero-order chi connectivity index (χ0) is 29.6. The molecule has 0 aromatic heterocycles. The van der Waals surface area contributed by atoms with E-state index in [4.69, 9.17) is 9.47 Å². The number of sulfonamides is 2. The molecule has 12 heteroatoms. The summed E-state index contributed by atoms with van der Waals surface area (Å²) in [5, 5.41) is 10.2. The molecule has 0 aliphatic rings. The van der Waals surface area contributed by atoms with Gasteiger partial charge in [0, 0.05) is 17.2 Å². The van der Waals surface area contributed by atoms with Gasteiger partial charge in [0.15, 0.2) is 0 Å². The highest BCUT2D eigenvalue weighted by atomic mass is 32.2. The van der Waals surface area contributed by atoms with Gasteiger partial charge >= 0.3 is 5.97 Å². The number of hydrogen-bond donors (Lipinski definition) is 3. The van der Waals surface area contributed by atoms with Crippen LogP contribution in [0.25, 0.3) is 10.8 Å². The van der Waals surface area contributed by atoms with Crippen molar-refractivity contribution in [3.05, 3.63) is 84.4 Å². The third kappa shape index (κ3) is 7.08. The lowest BCUT2D eigenvalue weighted by Crippen LogP contribution is -2.17. The number of rotatable bonds is 13. The Morgan fingerprint density at radius 3 is 1.71 bits per heavy atom. The van der Waals surface area contributed by atoms with Gasteiger partial charge < -0.3 is 14.6 Å². The average molecular weight is 599 g/mol. The fraction of sp³-hybridized carbons (Fsp3) is 0.207. The second-order valence-electron chi connectivity index (χ2n) is 8.92. The molecule has 41 heavy (non-hydrogen) atoms. The van der Waals surface area contributed by atoms with Gasteiger partial charge in [-0.2, -0.15) is 0 Å². The Kier molecular flexibility index (Phi) is 9.04. The maximum Gasteiger partial charge on any atom is 0.303 e. The molecule has 4 rings (SSSR count). The van der Waals surface area contributed by atoms with E-state index in [1.165, 1.54) is 30.3 Å². The van der Waals surface area contributed by atoms with Crippen molar-refractivity contribution in [2.24, 2.45) is 0 Å². The van der Waals surface area contributed by atoms with Gasteiger partial charge in [-0.05, 0) is 80.4 Å². The van der Waals surface area contributed by atoms with Gasteiger partial charge in [0.2, 0.25) is 0 Å². The highest BCUT2D eigenvalue weighted by Gasteiger charge is 2.23. The molecule has 0 aliphatic carbocycles. The Balaban J connectivity index is 1.78. The van der Waals surface area contributed by atoms with Crippen molar-refractivity contribution in [2.75, 3.05) is 22.7 Å². The van der Waals surface area contributed by atoms with E-state index in [0.29, 0.717) is 41.0 Å². The van der Waals surface area contributed by atoms with Crippen molar-refractivity contribution in [1.82, 2.24) is 0 Å². The lowest BCUT2D eigenvalue weighted by Gasteiger charge is -2.19. The summed E-state index contributed by atoms with van der Waals surface area (Å²) in [6, 6.07) is 20.0. The fourth-order valence-corrected chi connectivity index (χ4v) is 6.43. The normalized spacial score (nSPS) is 11.7. The highest BCUT2D eigenvalue weighted by Crippen LogP contribution is 2.37. The largest absolute Gasteiger partial charge is 0.494 e. The van der Waals surface area contributed by atoms with Crippen LogP contribution in [-0.4, -0.2) is 41.1 Å². The summed E-state index contributed by atoms with van der Waals surface area (Å²) >= 11 is 0. The Morgan fingerprint density at radius 2 is 1.22 bits per heavy atom. The van der Waals surface area contributed by atoms with Gasteiger partial charge in [-0.25, -0.2) is 16.8 Å². The molecule has 0 aliphatic heterocycles. The van der Waals surface area contributed by atoms with Gasteiger partial charge in [0.25, 0.3) is 20.0 Å². The quantitative estimate of drug-likeness (QED) is 0.189. The zero-order valence-corrected chi connectivity index (χ0v) is 24.1. The van der Waals surface area contributed by atoms with Gasteiger partial charge in [0.05, 0.1) is 34.4 Å². The van der Waals surface area contributed by atoms with Crippen LogP contribution in [0, 0.1) is 0 Å². The van der Waals surface area contributed by atoms with Crippen LogP contribution in [-0.2, 0) is 31.3 Å². The number of fused-ring (bicyclic) bond motifs is 1. The molecule has 0 amide bonds. The van der Waals surface area contributed by atoms with Crippen LogP contribution in [0.3, 0.4) is 0 Å². The molecular formula is C29H30N2O8S2. The number of aliphatic carboxylic acids is 1. The Hall–Kier alpha value is -4.29. The van der Waals surface area contributed by atoms with E-state index in [0.717, 1.165) is 0 Å². The van der Waals surface area contributed by atoms with Crippen LogP contribution in [0.2, 0.25) is 0 Å². The summed E-state index contributed by atoms with van der Waals surface area (Å²) < 4.78 is 69.3. The van der Waals surface area contributed by atoms with Gasteiger partial charge in [-0.1, -0.05) is 24.3 Å². The number of carbonyl (C=O) groups is 1. The van der Waals surface area contributed by atoms with Gasteiger partial charge in [0.1, 0.15) is 11.5 Å². The summed E-state index contributed by atoms with van der Waals surface area (Å²) in [5.41, 5.74) is 0.656. The standard InChI is InChI=1S/C29H30N2O8S2/c1-3-38-21-10-14-23(15-11-21)40(34,35)30-27-19-20(9-18-28(32)33)29(26-8-6-5-7-25(26)27)31-41(36,37)24-16-12-22(13-17-24)39-4-2/h5-8,10-17,19,30-31H,3-4,9,18H2,1-2H3,(H,32,33). The van der Waals surface area contributed by atoms with Crippen molar-refractivity contribution in [3.63, 3.8) is 0 Å². The topological polar surface area (TPSA) is 148 Å². The molecule has 4 aromatic rings. The summed E-state index contributed by atoms with van der Waals surface area (Å²) in [4.78, 5) is 11.4. The van der Waals surface area contributed by atoms with Crippen molar-refractivity contribution in [2.45, 2.75) is 36.5 Å². The van der Waals surface area contributed by atoms with Crippen molar-refractivity contribution >= 4 is 48.2 Å². The molecular weight excluding hydrogens is 568 g/mol. The summed E-state index contributed by atoms with van der Waals surface area (Å²) in [6.45, 7) is 4.50. The van der Waals surface area contributed by atoms with Crippen LogP contribution in [0.5, 0.6) is 11.5 Å². The van der Waals surface area contributed by atoms with E-state index < -0.39 is 26.0 Å². The SMILES string of the molecule is CCOc1ccc(S(=O)(=O)Nc2cc(CCC(=O)O)c(NS(=O)(=O)c3ccc(OCC)cc3)c3ccccc23)cc1. The van der Waals surface area contributed by atoms with Crippen LogP contribution < -0.4 is 18.9 Å². The average Bonchev–Trinajstić information content (AvgIpc) is 2.94. The molecule has 0 unspecified atom stereocenters. The molecule has 0 bridgehead atoms. The minimum absolute atomic E-state index is 0.00241. The fourth-order valence-electron chi connectivity index (χ4n) is 4.24. The minimum atomic E-state index is -4.10. The van der Waals surface area contributed by atoms with Crippen molar-refractivity contribution < 1.29 is 36.2 Å². The summed E-state index contributed by atoms with van der Waals surface area (Å²) in [6.07, 6.45) is -0.361. The molecule has 4 aromatic carbocycles. The van der Waals surface area contributed by atoms with Gasteiger partial charge in [-0.3, -0.25) is 14.2 Å². The number of hydrogen-bond acceptors (Lipinski definition) is 7. The third-order valence-electron chi connectivity index (χ3n) is 6.11. The predicted octanol–water partition coefficient (Wildman–Crippen LogP) is 5.26. The number of nitrogens with one attached hydrogen (secondary N) is 2. The monoisotopic (exact) mass is 598 g/mol. The Morgan fingerprint density at radius 1 is 0.732 bits per heavy atom. The second kappa shape index (κ2) is 12.5. The molecule has 0 heterocycles. The molecule has 3 N–H and O–H groups in total. The number of carboxylic acid groups (broad SMARTS) is 1. The molecule has 0 saturated carbocycles. The van der Waals surface area contributed by atoms with Crippen molar-refractivity contribution in [3.8, 4) is 11.5 Å². The van der Waals surface area contributed by atoms with Crippen LogP contribution in [0.1, 0.15) is 25.8 Å². The Labute approximate surface area is 239 Å². The van der Waals surface area contributed by atoms with Crippen LogP contribution in [0.15, 0.2) is 88.7 Å². The van der Waals surface area contributed by atoms with E-state index in [9.17, 15) is 26.7 Å². The van der Waals surface area contributed by atoms with E-state index in [1.54, 1.807) is 48.5 Å². The molecule has 0 atom stereocenters. The minimum Gasteiger partial charge on any atom is -0.494 e. The maximum absolute atomic E-state index is 13.4. The number of aryl methyl sites for hydroxylation is 1. The molecule has 0 spiro atoms. The number of anilines is 2. The molecule has 10 nitrogen and oxygen atoms in total. The van der Waals surface area contributed by atoms with E-state index in [1.807, 2.05) is 13.8 Å². The smallest absolute Gasteiger partial charge is 0.303 e. The first-order chi connectivity index (χ1) is 19.5. The number of benzene rings is 4. The molecule has 0 fully saturated rings. The lowest BCUT2D eigenvalue weighted by atomic mass is 9.99. The van der Waals surface area contributed by atoms with E-state index >= 15 is 0 Å². The van der Waals surface area contributed by atoms with E-state index in [2.05, 4.69) is 9.44 Å². The third-order valence-corrected chi connectivity index (χ3v) is 8.85. The van der Waals surface area contributed by atoms with Gasteiger partial charge in [-0.15, -0.1) is 0 Å². The first kappa shape index (κ1) is 29.7. The summed E-state index contributed by atoms with van der Waals surface area (Å²) in [7, 11) is -8.16. The maximum atomic E-state index is 13.4. The summed E-state index contributed by atoms with van der Waals surface area (Å²) in [5.74, 6) is -0.0461. The first-order valence-electron chi connectivity index (χ1n) is 12.8. The van der Waals surface area contributed by atoms with Crippen molar-refractivity contribution in [1.29, 1.82) is 0 Å². The molecule has 216 valence electrons. The predicted molar refractivity (Wildman–Crippen MR) is 157 cm³/mol. The van der Waals surface area contributed by atoms with Crippen LogP contribution >= 0.6 is 0 Å². The first-order valence-corrected chi connectivity index (χ1v) is 15.8. The molecule has 0 saturated heterocycles. The Bertz CT molecular complexity index is 1750. The lowest BCUT2D eigenvalue weighted by molar-refractivity contribution is -0.136. The second-order valence-corrected chi connectivity index (χ2v) is 12.3. The molecule has 0 radical (unpaired) electrons. The highest BCUT2D eigenvalue weighted by molar-refractivity contribution is 7.93. The zero-order valence-electron chi connectivity index (χ0n) is 22.5. The van der Waals surface area contributed by atoms with E-state index in [-0.39, 0.29) is 34.0 Å².